The molecule has 1 saturated heterocycles. The van der Waals surface area contributed by atoms with Crippen LogP contribution in [-0.4, -0.2) is 18.0 Å². The van der Waals surface area contributed by atoms with Crippen molar-refractivity contribution in [3.05, 3.63) is 30.1 Å². The van der Waals surface area contributed by atoms with Gasteiger partial charge in [-0.05, 0) is 43.0 Å². The molecule has 0 spiro atoms. The molecular formula is C15H14FNO3. The van der Waals surface area contributed by atoms with E-state index in [-0.39, 0.29) is 47.5 Å². The fraction of sp³-hybridized carbons (Fsp3) is 0.467. The molecule has 20 heavy (non-hydrogen) atoms. The van der Waals surface area contributed by atoms with E-state index >= 15 is 0 Å². The van der Waals surface area contributed by atoms with Crippen LogP contribution in [0.1, 0.15) is 12.8 Å². The molecule has 2 saturated carbocycles. The van der Waals surface area contributed by atoms with Crippen molar-refractivity contribution in [2.45, 2.75) is 18.9 Å². The second-order valence-corrected chi connectivity index (χ2v) is 5.92. The lowest BCUT2D eigenvalue weighted by Crippen LogP contribution is -2.35. The Kier molecular flexibility index (Phi) is 2.40. The first-order valence-corrected chi connectivity index (χ1v) is 6.90. The van der Waals surface area contributed by atoms with Crippen LogP contribution >= 0.6 is 0 Å². The third-order valence-corrected chi connectivity index (χ3v) is 4.90. The number of amides is 1. The molecule has 5 heteroatoms. The molecule has 1 amide bonds. The Labute approximate surface area is 115 Å². The van der Waals surface area contributed by atoms with Crippen LogP contribution in [0.15, 0.2) is 24.3 Å². The summed E-state index contributed by atoms with van der Waals surface area (Å²) < 4.78 is 18.2. The summed E-state index contributed by atoms with van der Waals surface area (Å²) in [5, 5.41) is 2.79. The zero-order valence-corrected chi connectivity index (χ0v) is 10.7. The molecule has 3 fully saturated rings. The van der Waals surface area contributed by atoms with Gasteiger partial charge in [0.2, 0.25) is 5.91 Å². The summed E-state index contributed by atoms with van der Waals surface area (Å²) in [4.78, 5) is 24.3. The summed E-state index contributed by atoms with van der Waals surface area (Å²) in [5.74, 6) is -0.829. The minimum atomic E-state index is -0.342. The van der Waals surface area contributed by atoms with Crippen molar-refractivity contribution >= 4 is 17.6 Å². The smallest absolute Gasteiger partial charge is 0.310 e. The lowest BCUT2D eigenvalue weighted by atomic mass is 9.79. The van der Waals surface area contributed by atoms with Crippen molar-refractivity contribution in [2.75, 3.05) is 5.32 Å². The highest BCUT2D eigenvalue weighted by molar-refractivity contribution is 5.96. The first kappa shape index (κ1) is 11.9. The predicted molar refractivity (Wildman–Crippen MR) is 68.1 cm³/mol. The number of hydrogen-bond acceptors (Lipinski definition) is 3. The Bertz CT molecular complexity index is 583. The highest BCUT2D eigenvalue weighted by atomic mass is 19.1. The van der Waals surface area contributed by atoms with E-state index in [4.69, 9.17) is 4.74 Å². The Hall–Kier alpha value is -1.91. The summed E-state index contributed by atoms with van der Waals surface area (Å²) in [6.07, 6.45) is 1.74. The third kappa shape index (κ3) is 1.58. The molecule has 0 aromatic heterocycles. The number of hydrogen-bond donors (Lipinski definition) is 1. The molecule has 5 atom stereocenters. The van der Waals surface area contributed by atoms with Gasteiger partial charge in [0.25, 0.3) is 0 Å². The van der Waals surface area contributed by atoms with Gasteiger partial charge in [-0.15, -0.1) is 0 Å². The normalized spacial score (nSPS) is 37.0. The Morgan fingerprint density at radius 3 is 2.75 bits per heavy atom. The van der Waals surface area contributed by atoms with Gasteiger partial charge in [0.1, 0.15) is 11.9 Å². The van der Waals surface area contributed by atoms with Gasteiger partial charge < -0.3 is 10.1 Å². The van der Waals surface area contributed by atoms with Crippen molar-refractivity contribution in [2.24, 2.45) is 23.7 Å². The number of rotatable bonds is 2. The second-order valence-electron chi connectivity index (χ2n) is 5.92. The maximum Gasteiger partial charge on any atom is 0.310 e. The number of carbonyl (C=O) groups is 2. The number of halogens is 1. The molecule has 104 valence electrons. The SMILES string of the molecule is O=C(Nc1ccc(F)cc1)[C@@H]1[C@H]2C[C@@H]3[C@@H]1C(=O)O[C@@H]3C2. The number of esters is 1. The number of benzene rings is 1. The maximum absolute atomic E-state index is 12.8. The largest absolute Gasteiger partial charge is 0.462 e. The van der Waals surface area contributed by atoms with E-state index in [0.29, 0.717) is 5.69 Å². The summed E-state index contributed by atoms with van der Waals surface area (Å²) in [6, 6.07) is 5.65. The molecule has 1 aromatic rings. The molecule has 2 bridgehead atoms. The molecule has 1 N–H and O–H groups in total. The van der Waals surface area contributed by atoms with Crippen molar-refractivity contribution in [1.29, 1.82) is 0 Å². The summed E-state index contributed by atoms with van der Waals surface area (Å²) >= 11 is 0. The van der Waals surface area contributed by atoms with Crippen LogP contribution in [0.2, 0.25) is 0 Å². The standard InChI is InChI=1S/C15H14FNO3/c16-8-1-3-9(4-2-8)17-14(18)12-7-5-10-11(6-7)20-15(19)13(10)12/h1-4,7,10-13H,5-6H2,(H,17,18)/t7-,10-,11+,12+,13-/m0/s1. The monoisotopic (exact) mass is 275 g/mol. The van der Waals surface area contributed by atoms with Crippen LogP contribution < -0.4 is 5.32 Å². The molecule has 1 heterocycles. The highest BCUT2D eigenvalue weighted by Gasteiger charge is 2.63. The number of fused-ring (bicyclic) bond motifs is 1. The van der Waals surface area contributed by atoms with Crippen molar-refractivity contribution in [3.63, 3.8) is 0 Å². The maximum atomic E-state index is 12.8. The fourth-order valence-electron chi connectivity index (χ4n) is 4.12. The van der Waals surface area contributed by atoms with Gasteiger partial charge in [-0.2, -0.15) is 0 Å². The molecule has 1 aliphatic heterocycles. The zero-order valence-electron chi connectivity index (χ0n) is 10.7. The van der Waals surface area contributed by atoms with Crippen molar-refractivity contribution in [1.82, 2.24) is 0 Å². The average molecular weight is 275 g/mol. The van der Waals surface area contributed by atoms with Crippen LogP contribution in [0.3, 0.4) is 0 Å². The van der Waals surface area contributed by atoms with E-state index in [1.54, 1.807) is 0 Å². The minimum Gasteiger partial charge on any atom is -0.462 e. The first-order chi connectivity index (χ1) is 9.63. The highest BCUT2D eigenvalue weighted by Crippen LogP contribution is 2.57. The van der Waals surface area contributed by atoms with Gasteiger partial charge in [0.05, 0.1) is 11.8 Å². The van der Waals surface area contributed by atoms with Crippen LogP contribution in [0.4, 0.5) is 10.1 Å². The summed E-state index contributed by atoms with van der Waals surface area (Å²) in [7, 11) is 0. The van der Waals surface area contributed by atoms with Gasteiger partial charge in [0.15, 0.2) is 0 Å². The molecular weight excluding hydrogens is 261 g/mol. The summed E-state index contributed by atoms with van der Waals surface area (Å²) in [6.45, 7) is 0. The van der Waals surface area contributed by atoms with E-state index in [0.717, 1.165) is 12.8 Å². The van der Waals surface area contributed by atoms with Gasteiger partial charge in [-0.25, -0.2) is 4.39 Å². The number of carbonyl (C=O) groups excluding carboxylic acids is 2. The quantitative estimate of drug-likeness (QED) is 0.839. The van der Waals surface area contributed by atoms with E-state index in [1.807, 2.05) is 0 Å². The van der Waals surface area contributed by atoms with E-state index in [9.17, 15) is 14.0 Å². The summed E-state index contributed by atoms with van der Waals surface area (Å²) in [5.41, 5.74) is 0.557. The van der Waals surface area contributed by atoms with E-state index in [1.165, 1.54) is 24.3 Å². The number of anilines is 1. The van der Waals surface area contributed by atoms with E-state index < -0.39 is 0 Å². The second kappa shape index (κ2) is 4.04. The van der Waals surface area contributed by atoms with Crippen LogP contribution in [0, 0.1) is 29.5 Å². The average Bonchev–Trinajstić information content (AvgIpc) is 3.02. The van der Waals surface area contributed by atoms with Crippen LogP contribution in [-0.2, 0) is 14.3 Å². The van der Waals surface area contributed by atoms with Gasteiger partial charge in [-0.1, -0.05) is 0 Å². The Morgan fingerprint density at radius 1 is 1.25 bits per heavy atom. The molecule has 4 rings (SSSR count). The molecule has 4 nitrogen and oxygen atoms in total. The first-order valence-electron chi connectivity index (χ1n) is 6.90. The van der Waals surface area contributed by atoms with Crippen molar-refractivity contribution < 1.29 is 18.7 Å². The van der Waals surface area contributed by atoms with Crippen molar-refractivity contribution in [3.8, 4) is 0 Å². The lowest BCUT2D eigenvalue weighted by molar-refractivity contribution is -0.145. The Balaban J connectivity index is 1.54. The van der Waals surface area contributed by atoms with Crippen LogP contribution in [0.25, 0.3) is 0 Å². The van der Waals surface area contributed by atoms with Crippen LogP contribution in [0.5, 0.6) is 0 Å². The van der Waals surface area contributed by atoms with Gasteiger partial charge in [0, 0.05) is 11.6 Å². The molecule has 2 aliphatic carbocycles. The topological polar surface area (TPSA) is 55.4 Å². The number of ether oxygens (including phenoxy) is 1. The molecule has 1 aromatic carbocycles. The third-order valence-electron chi connectivity index (χ3n) is 4.90. The minimum absolute atomic E-state index is 0.0346. The predicted octanol–water partition coefficient (Wildman–Crippen LogP) is 1.96. The van der Waals surface area contributed by atoms with Gasteiger partial charge >= 0.3 is 5.97 Å². The molecule has 0 radical (unpaired) electrons. The molecule has 0 unspecified atom stereocenters. The molecule has 3 aliphatic rings. The fourth-order valence-corrected chi connectivity index (χ4v) is 4.12. The zero-order chi connectivity index (χ0) is 13.9. The van der Waals surface area contributed by atoms with E-state index in [2.05, 4.69) is 5.32 Å². The lowest BCUT2D eigenvalue weighted by Gasteiger charge is -2.23. The number of nitrogens with one attached hydrogen (secondary N) is 1. The van der Waals surface area contributed by atoms with Gasteiger partial charge in [-0.3, -0.25) is 9.59 Å². The Morgan fingerprint density at radius 2 is 2.00 bits per heavy atom.